The zero-order valence-electron chi connectivity index (χ0n) is 21.1. The van der Waals surface area contributed by atoms with Gasteiger partial charge in [-0.3, -0.25) is 0 Å². The summed E-state index contributed by atoms with van der Waals surface area (Å²) >= 11 is 0. The number of hydrogen-bond donors (Lipinski definition) is 3. The largest absolute Gasteiger partial charge is 0.417 e. The van der Waals surface area contributed by atoms with Gasteiger partial charge in [-0.05, 0) is 91.2 Å². The number of allylic oxidation sites excluding steroid dienone is 1. The third kappa shape index (κ3) is 4.34. The Bertz CT molecular complexity index is 671. The molecule has 31 heavy (non-hydrogen) atoms. The zero-order valence-corrected chi connectivity index (χ0v) is 22.1. The van der Waals surface area contributed by atoms with Crippen molar-refractivity contribution in [2.45, 2.75) is 103 Å². The summed E-state index contributed by atoms with van der Waals surface area (Å²) in [7, 11) is -1.91. The van der Waals surface area contributed by atoms with Gasteiger partial charge in [0, 0.05) is 13.2 Å². The molecular formula is C26H48O4Si. The number of aliphatic hydroxyl groups excluding tert-OH is 3. The lowest BCUT2D eigenvalue weighted by Gasteiger charge is -2.57. The van der Waals surface area contributed by atoms with Gasteiger partial charge in [0.15, 0.2) is 8.32 Å². The summed E-state index contributed by atoms with van der Waals surface area (Å²) in [6, 6.07) is 0. The Labute approximate surface area is 191 Å². The van der Waals surface area contributed by atoms with Gasteiger partial charge in [0.25, 0.3) is 0 Å². The average molecular weight is 453 g/mol. The van der Waals surface area contributed by atoms with E-state index in [0.717, 1.165) is 25.7 Å². The van der Waals surface area contributed by atoms with Crippen molar-refractivity contribution in [3.05, 3.63) is 12.2 Å². The quantitative estimate of drug-likeness (QED) is 0.399. The molecule has 0 aliphatic heterocycles. The van der Waals surface area contributed by atoms with Gasteiger partial charge in [0.1, 0.15) is 0 Å². The minimum atomic E-state index is -1.91. The maximum atomic E-state index is 10.7. The van der Waals surface area contributed by atoms with Gasteiger partial charge in [-0.2, -0.15) is 0 Å². The Hall–Kier alpha value is -0.203. The molecular weight excluding hydrogens is 404 g/mol. The molecule has 0 aromatic heterocycles. The SMILES string of the molecule is C=C1CCC2[C@H](CO)C([C@@]3(C)C[C@@H](O)[C@@H](O)C[C@@H]3CO[Si](C)(C)C(C)(C)C)CC[C@]12C. The lowest BCUT2D eigenvalue weighted by molar-refractivity contribution is -0.142. The molecule has 0 bridgehead atoms. The van der Waals surface area contributed by atoms with Crippen LogP contribution in [0.3, 0.4) is 0 Å². The van der Waals surface area contributed by atoms with Gasteiger partial charge in [-0.15, -0.1) is 0 Å². The molecule has 3 rings (SSSR count). The van der Waals surface area contributed by atoms with Crippen LogP contribution in [0.5, 0.6) is 0 Å². The highest BCUT2D eigenvalue weighted by Gasteiger charge is 2.58. The van der Waals surface area contributed by atoms with E-state index in [1.165, 1.54) is 5.57 Å². The highest BCUT2D eigenvalue weighted by Crippen LogP contribution is 2.63. The molecule has 8 atom stereocenters. The molecule has 3 aliphatic carbocycles. The van der Waals surface area contributed by atoms with Crippen LogP contribution in [0, 0.1) is 34.5 Å². The molecule has 3 N–H and O–H groups in total. The second-order valence-electron chi connectivity index (χ2n) is 13.0. The van der Waals surface area contributed by atoms with Crippen molar-refractivity contribution < 1.29 is 19.7 Å². The highest BCUT2D eigenvalue weighted by atomic mass is 28.4. The van der Waals surface area contributed by atoms with E-state index in [1.807, 2.05) is 0 Å². The first-order valence-electron chi connectivity index (χ1n) is 12.5. The highest BCUT2D eigenvalue weighted by molar-refractivity contribution is 6.74. The molecule has 0 radical (unpaired) electrons. The summed E-state index contributed by atoms with van der Waals surface area (Å²) in [5.41, 5.74) is 1.34. The molecule has 4 nitrogen and oxygen atoms in total. The average Bonchev–Trinajstić information content (AvgIpc) is 2.97. The van der Waals surface area contributed by atoms with E-state index in [2.05, 4.69) is 54.3 Å². The summed E-state index contributed by atoms with van der Waals surface area (Å²) in [5.74, 6) is 1.21. The minimum Gasteiger partial charge on any atom is -0.417 e. The Morgan fingerprint density at radius 2 is 1.74 bits per heavy atom. The minimum absolute atomic E-state index is 0.139. The van der Waals surface area contributed by atoms with Crippen molar-refractivity contribution >= 4 is 8.32 Å². The Kier molecular flexibility index (Phi) is 7.00. The van der Waals surface area contributed by atoms with Crippen molar-refractivity contribution in [2.75, 3.05) is 13.2 Å². The van der Waals surface area contributed by atoms with Gasteiger partial charge < -0.3 is 19.7 Å². The standard InChI is InChI=1S/C26H48O4Si/c1-17-9-10-20-19(15-27)21(11-12-25(17,20)5)26(6)14-23(29)22(28)13-18(26)16-30-31(7,8)24(2,3)4/h18-23,27-29H,1,9-16H2,2-8H3/t18-,19+,20?,21?,22+,23-,25-,26+/m1/s1. The fraction of sp³-hybridized carbons (Fsp3) is 0.923. The molecule has 0 aromatic rings. The predicted molar refractivity (Wildman–Crippen MR) is 129 cm³/mol. The van der Waals surface area contributed by atoms with Crippen LogP contribution in [0.1, 0.15) is 73.1 Å². The first-order valence-corrected chi connectivity index (χ1v) is 15.4. The molecule has 5 heteroatoms. The first-order chi connectivity index (χ1) is 14.2. The molecule has 0 aromatic carbocycles. The monoisotopic (exact) mass is 452 g/mol. The molecule has 3 aliphatic rings. The molecule has 2 unspecified atom stereocenters. The van der Waals surface area contributed by atoms with Crippen LogP contribution in [0.4, 0.5) is 0 Å². The fourth-order valence-electron chi connectivity index (χ4n) is 6.98. The van der Waals surface area contributed by atoms with Crippen LogP contribution in [-0.2, 0) is 4.43 Å². The van der Waals surface area contributed by atoms with Crippen molar-refractivity contribution in [1.82, 2.24) is 0 Å². The van der Waals surface area contributed by atoms with E-state index in [9.17, 15) is 15.3 Å². The van der Waals surface area contributed by atoms with Gasteiger partial charge >= 0.3 is 0 Å². The van der Waals surface area contributed by atoms with E-state index in [-0.39, 0.29) is 34.3 Å². The lowest BCUT2D eigenvalue weighted by Crippen LogP contribution is -2.56. The number of aliphatic hydroxyl groups is 3. The molecule has 0 amide bonds. The third-order valence-corrected chi connectivity index (χ3v) is 15.0. The number of rotatable bonds is 5. The molecule has 3 saturated carbocycles. The molecule has 180 valence electrons. The van der Waals surface area contributed by atoms with Crippen LogP contribution in [0.2, 0.25) is 18.1 Å². The van der Waals surface area contributed by atoms with E-state index in [4.69, 9.17) is 4.43 Å². The summed E-state index contributed by atoms with van der Waals surface area (Å²) < 4.78 is 6.67. The topological polar surface area (TPSA) is 69.9 Å². The Morgan fingerprint density at radius 3 is 2.32 bits per heavy atom. The Morgan fingerprint density at radius 1 is 1.10 bits per heavy atom. The Balaban J connectivity index is 1.88. The van der Waals surface area contributed by atoms with Crippen molar-refractivity contribution in [1.29, 1.82) is 0 Å². The van der Waals surface area contributed by atoms with E-state index >= 15 is 0 Å². The van der Waals surface area contributed by atoms with E-state index in [1.54, 1.807) is 0 Å². The summed E-state index contributed by atoms with van der Waals surface area (Å²) in [6.07, 6.45) is 4.13. The smallest absolute Gasteiger partial charge is 0.191 e. The summed E-state index contributed by atoms with van der Waals surface area (Å²) in [5, 5.41) is 32.0. The van der Waals surface area contributed by atoms with Gasteiger partial charge in [-0.1, -0.05) is 46.8 Å². The second-order valence-corrected chi connectivity index (χ2v) is 17.8. The fourth-order valence-corrected chi connectivity index (χ4v) is 8.03. The van der Waals surface area contributed by atoms with Gasteiger partial charge in [0.05, 0.1) is 12.2 Å². The predicted octanol–water partition coefficient (Wildman–Crippen LogP) is 5.14. The first kappa shape index (κ1) is 25.4. The normalized spacial score (nSPS) is 44.4. The van der Waals surface area contributed by atoms with Crippen molar-refractivity contribution in [2.24, 2.45) is 34.5 Å². The van der Waals surface area contributed by atoms with Crippen LogP contribution >= 0.6 is 0 Å². The number of hydrogen-bond acceptors (Lipinski definition) is 4. The van der Waals surface area contributed by atoms with E-state index < -0.39 is 20.5 Å². The van der Waals surface area contributed by atoms with Crippen LogP contribution in [0.15, 0.2) is 12.2 Å². The lowest BCUT2D eigenvalue weighted by atomic mass is 9.49. The third-order valence-electron chi connectivity index (χ3n) is 10.5. The maximum Gasteiger partial charge on any atom is 0.191 e. The van der Waals surface area contributed by atoms with Crippen LogP contribution in [-0.4, -0.2) is 49.1 Å². The van der Waals surface area contributed by atoms with Gasteiger partial charge in [-0.25, -0.2) is 0 Å². The molecule has 0 saturated heterocycles. The maximum absolute atomic E-state index is 10.7. The van der Waals surface area contributed by atoms with Gasteiger partial charge in [0.2, 0.25) is 0 Å². The van der Waals surface area contributed by atoms with Crippen LogP contribution in [0.25, 0.3) is 0 Å². The zero-order chi connectivity index (χ0) is 23.4. The molecule has 0 spiro atoms. The summed E-state index contributed by atoms with van der Waals surface area (Å²) in [4.78, 5) is 0. The van der Waals surface area contributed by atoms with E-state index in [0.29, 0.717) is 31.3 Å². The molecule has 0 heterocycles. The number of fused-ring (bicyclic) bond motifs is 1. The molecule has 3 fully saturated rings. The van der Waals surface area contributed by atoms with Crippen molar-refractivity contribution in [3.8, 4) is 0 Å². The van der Waals surface area contributed by atoms with Crippen molar-refractivity contribution in [3.63, 3.8) is 0 Å². The second kappa shape index (κ2) is 8.54. The van der Waals surface area contributed by atoms with Crippen LogP contribution < -0.4 is 0 Å². The summed E-state index contributed by atoms with van der Waals surface area (Å²) in [6.45, 7) is 21.2.